The van der Waals surface area contributed by atoms with Crippen LogP contribution >= 0.6 is 22.9 Å². The Morgan fingerprint density at radius 3 is 2.76 bits per heavy atom. The molecule has 0 bridgehead atoms. The Balaban J connectivity index is 2.22. The monoisotopic (exact) mass is 348 g/mol. The van der Waals surface area contributed by atoms with Crippen LogP contribution in [-0.4, -0.2) is 26.3 Å². The molecule has 0 aliphatic rings. The van der Waals surface area contributed by atoms with Crippen LogP contribution in [0.3, 0.4) is 0 Å². The third kappa shape index (κ3) is 3.55. The molecule has 2 N–H and O–H groups in total. The van der Waals surface area contributed by atoms with E-state index in [1.54, 1.807) is 11.3 Å². The highest BCUT2D eigenvalue weighted by atomic mass is 35.5. The Labute approximate surface area is 132 Å². The molecule has 8 heteroatoms. The largest absolute Gasteiger partial charge is 0.396 e. The van der Waals surface area contributed by atoms with Gasteiger partial charge < -0.3 is 5.73 Å². The molecule has 4 nitrogen and oxygen atoms in total. The Hall–Kier alpha value is -1.15. The Kier molecular flexibility index (Phi) is 4.88. The fourth-order valence-corrected chi connectivity index (χ4v) is 4.14. The van der Waals surface area contributed by atoms with E-state index in [-0.39, 0.29) is 15.6 Å². The second kappa shape index (κ2) is 6.31. The average molecular weight is 349 g/mol. The zero-order chi connectivity index (χ0) is 15.6. The van der Waals surface area contributed by atoms with Crippen molar-refractivity contribution >= 4 is 38.6 Å². The molecule has 0 spiro atoms. The van der Waals surface area contributed by atoms with Crippen LogP contribution in [0.5, 0.6) is 0 Å². The molecular formula is C13H14ClFN2O2S2. The van der Waals surface area contributed by atoms with Crippen LogP contribution < -0.4 is 5.73 Å². The number of thiophene rings is 1. The predicted octanol–water partition coefficient (Wildman–Crippen LogP) is 2.99. The van der Waals surface area contributed by atoms with Gasteiger partial charge in [-0.1, -0.05) is 17.7 Å². The highest BCUT2D eigenvalue weighted by Gasteiger charge is 2.24. The van der Waals surface area contributed by atoms with Crippen LogP contribution in [0.4, 0.5) is 10.1 Å². The van der Waals surface area contributed by atoms with Gasteiger partial charge >= 0.3 is 0 Å². The molecule has 1 aromatic heterocycles. The van der Waals surface area contributed by atoms with Crippen molar-refractivity contribution in [3.05, 3.63) is 45.4 Å². The lowest BCUT2D eigenvalue weighted by Gasteiger charge is -2.18. The first-order valence-corrected chi connectivity index (χ1v) is 8.75. The summed E-state index contributed by atoms with van der Waals surface area (Å²) in [6.45, 7) is 0.302. The van der Waals surface area contributed by atoms with Gasteiger partial charge in [-0.05, 0) is 30.0 Å². The number of likely N-dealkylation sites (N-methyl/N-ethyl adjacent to an activating group) is 1. The van der Waals surface area contributed by atoms with Crippen LogP contribution in [-0.2, 0) is 16.4 Å². The molecule has 1 heterocycles. The number of benzene rings is 1. The normalized spacial score (nSPS) is 12.0. The van der Waals surface area contributed by atoms with Crippen molar-refractivity contribution in [2.45, 2.75) is 11.3 Å². The van der Waals surface area contributed by atoms with E-state index in [2.05, 4.69) is 0 Å². The van der Waals surface area contributed by atoms with E-state index in [0.717, 1.165) is 17.0 Å². The molecule has 114 valence electrons. The van der Waals surface area contributed by atoms with Crippen molar-refractivity contribution in [3.63, 3.8) is 0 Å². The lowest BCUT2D eigenvalue weighted by molar-refractivity contribution is 0.473. The van der Waals surface area contributed by atoms with Gasteiger partial charge in [0.1, 0.15) is 10.7 Å². The number of nitrogens with zero attached hydrogens (tertiary/aromatic N) is 1. The van der Waals surface area contributed by atoms with Gasteiger partial charge in [0.25, 0.3) is 0 Å². The highest BCUT2D eigenvalue weighted by Crippen LogP contribution is 2.28. The lowest BCUT2D eigenvalue weighted by atomic mass is 10.3. The second-order valence-electron chi connectivity index (χ2n) is 4.46. The topological polar surface area (TPSA) is 63.4 Å². The van der Waals surface area contributed by atoms with Gasteiger partial charge in [0, 0.05) is 18.5 Å². The van der Waals surface area contributed by atoms with E-state index in [1.165, 1.54) is 11.4 Å². The first-order chi connectivity index (χ1) is 9.82. The van der Waals surface area contributed by atoms with Gasteiger partial charge in [-0.2, -0.15) is 0 Å². The Morgan fingerprint density at radius 1 is 1.43 bits per heavy atom. The van der Waals surface area contributed by atoms with Crippen LogP contribution in [0.2, 0.25) is 5.02 Å². The maximum atomic E-state index is 13.3. The third-order valence-electron chi connectivity index (χ3n) is 2.99. The summed E-state index contributed by atoms with van der Waals surface area (Å²) >= 11 is 7.39. The van der Waals surface area contributed by atoms with Crippen LogP contribution in [0, 0.1) is 5.82 Å². The molecule has 0 fully saturated rings. The SMILES string of the molecule is CN(CCc1cccs1)S(=O)(=O)c1cc(N)c(F)cc1Cl. The number of sulfonamides is 1. The molecule has 0 amide bonds. The van der Waals surface area contributed by atoms with Gasteiger partial charge in [0.2, 0.25) is 10.0 Å². The molecule has 0 saturated heterocycles. The fraction of sp³-hybridized carbons (Fsp3) is 0.231. The highest BCUT2D eigenvalue weighted by molar-refractivity contribution is 7.89. The van der Waals surface area contributed by atoms with E-state index < -0.39 is 15.8 Å². The minimum absolute atomic E-state index is 0.176. The minimum Gasteiger partial charge on any atom is -0.396 e. The van der Waals surface area contributed by atoms with Crippen molar-refractivity contribution in [3.8, 4) is 0 Å². The maximum absolute atomic E-state index is 13.3. The van der Waals surface area contributed by atoms with E-state index in [9.17, 15) is 12.8 Å². The molecule has 0 unspecified atom stereocenters. The van der Waals surface area contributed by atoms with Gasteiger partial charge in [0.05, 0.1) is 10.7 Å². The predicted molar refractivity (Wildman–Crippen MR) is 83.7 cm³/mol. The second-order valence-corrected chi connectivity index (χ2v) is 7.91. The summed E-state index contributed by atoms with van der Waals surface area (Å²) in [5, 5.41) is 1.76. The number of anilines is 1. The van der Waals surface area contributed by atoms with Crippen molar-refractivity contribution in [1.82, 2.24) is 4.31 Å². The van der Waals surface area contributed by atoms with E-state index in [4.69, 9.17) is 17.3 Å². The van der Waals surface area contributed by atoms with E-state index in [1.807, 2.05) is 17.5 Å². The van der Waals surface area contributed by atoms with Crippen molar-refractivity contribution in [2.75, 3.05) is 19.3 Å². The molecule has 0 aliphatic carbocycles. The number of hydrogen-bond acceptors (Lipinski definition) is 4. The quantitative estimate of drug-likeness (QED) is 0.845. The molecule has 2 rings (SSSR count). The van der Waals surface area contributed by atoms with Crippen molar-refractivity contribution in [1.29, 1.82) is 0 Å². The minimum atomic E-state index is -3.80. The van der Waals surface area contributed by atoms with E-state index in [0.29, 0.717) is 13.0 Å². The van der Waals surface area contributed by atoms with Crippen LogP contribution in [0.15, 0.2) is 34.5 Å². The summed E-state index contributed by atoms with van der Waals surface area (Å²) in [6.07, 6.45) is 0.599. The van der Waals surface area contributed by atoms with Gasteiger partial charge in [0.15, 0.2) is 0 Å². The number of rotatable bonds is 5. The first kappa shape index (κ1) is 16.2. The molecule has 1 aromatic carbocycles. The zero-order valence-electron chi connectivity index (χ0n) is 11.2. The summed E-state index contributed by atoms with van der Waals surface area (Å²) in [6, 6.07) is 5.81. The third-order valence-corrected chi connectivity index (χ3v) is 6.25. The number of halogens is 2. The molecule has 2 aromatic rings. The van der Waals surface area contributed by atoms with Crippen LogP contribution in [0.25, 0.3) is 0 Å². The van der Waals surface area contributed by atoms with Gasteiger partial charge in [-0.3, -0.25) is 0 Å². The van der Waals surface area contributed by atoms with Crippen LogP contribution in [0.1, 0.15) is 4.88 Å². The average Bonchev–Trinajstić information content (AvgIpc) is 2.93. The smallest absolute Gasteiger partial charge is 0.244 e. The van der Waals surface area contributed by atoms with Gasteiger partial charge in [-0.15, -0.1) is 11.3 Å². The molecular weight excluding hydrogens is 335 g/mol. The Morgan fingerprint density at radius 2 is 2.14 bits per heavy atom. The number of nitrogen functional groups attached to an aromatic ring is 1. The summed E-state index contributed by atoms with van der Waals surface area (Å²) in [4.78, 5) is 0.901. The molecule has 0 aliphatic heterocycles. The standard InChI is InChI=1S/C13H14ClFN2O2S2/c1-17(5-4-9-3-2-6-20-9)21(18,19)13-8-12(16)11(15)7-10(13)14/h2-3,6-8H,4-5,16H2,1H3. The summed E-state index contributed by atoms with van der Waals surface area (Å²) < 4.78 is 39.3. The molecule has 0 atom stereocenters. The summed E-state index contributed by atoms with van der Waals surface area (Å²) in [5.41, 5.74) is 5.18. The Bertz CT molecular complexity index is 733. The molecule has 0 saturated carbocycles. The summed E-state index contributed by atoms with van der Waals surface area (Å²) in [5.74, 6) is -0.736. The van der Waals surface area contributed by atoms with E-state index >= 15 is 0 Å². The number of nitrogens with two attached hydrogens (primary N) is 1. The zero-order valence-corrected chi connectivity index (χ0v) is 13.6. The molecule has 0 radical (unpaired) electrons. The van der Waals surface area contributed by atoms with Crippen molar-refractivity contribution < 1.29 is 12.8 Å². The lowest BCUT2D eigenvalue weighted by Crippen LogP contribution is -2.29. The fourth-order valence-electron chi connectivity index (χ4n) is 1.75. The number of hydrogen-bond donors (Lipinski definition) is 1. The van der Waals surface area contributed by atoms with Gasteiger partial charge in [-0.25, -0.2) is 17.1 Å². The first-order valence-electron chi connectivity index (χ1n) is 6.05. The summed E-state index contributed by atoms with van der Waals surface area (Å²) in [7, 11) is -2.35. The molecule has 21 heavy (non-hydrogen) atoms. The van der Waals surface area contributed by atoms with Crippen molar-refractivity contribution in [2.24, 2.45) is 0 Å². The maximum Gasteiger partial charge on any atom is 0.244 e.